The van der Waals surface area contributed by atoms with E-state index in [1.54, 1.807) is 0 Å². The molecule has 0 aromatic heterocycles. The maximum atomic E-state index is 12.6. The number of hydrogen-bond donors (Lipinski definition) is 0. The second-order valence-electron chi connectivity index (χ2n) is 5.72. The summed E-state index contributed by atoms with van der Waals surface area (Å²) in [6.07, 6.45) is -0.663. The molecule has 1 saturated heterocycles. The molecule has 1 heterocycles. The summed E-state index contributed by atoms with van der Waals surface area (Å²) in [5.74, 6) is -0.920. The third kappa shape index (κ3) is 3.32. The summed E-state index contributed by atoms with van der Waals surface area (Å²) in [6.45, 7) is 4.02. The highest BCUT2D eigenvalue weighted by molar-refractivity contribution is 5.99. The van der Waals surface area contributed by atoms with E-state index in [0.29, 0.717) is 6.61 Å². The van der Waals surface area contributed by atoms with E-state index in [-0.39, 0.29) is 11.6 Å². The van der Waals surface area contributed by atoms with Crippen molar-refractivity contribution in [1.82, 2.24) is 4.90 Å². The predicted molar refractivity (Wildman–Crippen MR) is 92.2 cm³/mol. The zero-order valence-corrected chi connectivity index (χ0v) is 13.9. The van der Waals surface area contributed by atoms with Gasteiger partial charge in [-0.25, -0.2) is 4.79 Å². The van der Waals surface area contributed by atoms with Gasteiger partial charge in [0.15, 0.2) is 6.10 Å². The van der Waals surface area contributed by atoms with Crippen molar-refractivity contribution in [3.63, 3.8) is 0 Å². The van der Waals surface area contributed by atoms with Crippen molar-refractivity contribution >= 4 is 11.9 Å². The molecule has 0 spiro atoms. The average Bonchev–Trinajstić information content (AvgIpc) is 2.66. The number of benzene rings is 2. The molecule has 0 bridgehead atoms. The molecule has 3 rings (SSSR count). The lowest BCUT2D eigenvalue weighted by Gasteiger charge is -2.46. The fourth-order valence-electron chi connectivity index (χ4n) is 2.88. The van der Waals surface area contributed by atoms with E-state index in [9.17, 15) is 9.59 Å². The number of carbonyl (C=O) groups excluding carboxylic acids is 2. The van der Waals surface area contributed by atoms with Crippen LogP contribution in [0.4, 0.5) is 0 Å². The summed E-state index contributed by atoms with van der Waals surface area (Å²) in [5, 5.41) is 0. The predicted octanol–water partition coefficient (Wildman–Crippen LogP) is 2.84. The van der Waals surface area contributed by atoms with E-state index in [2.05, 4.69) is 6.58 Å². The van der Waals surface area contributed by atoms with Crippen molar-refractivity contribution in [1.29, 1.82) is 0 Å². The van der Waals surface area contributed by atoms with Gasteiger partial charge in [-0.1, -0.05) is 67.2 Å². The normalized spacial score (nSPS) is 19.2. The first-order valence-electron chi connectivity index (χ1n) is 7.94. The van der Waals surface area contributed by atoms with Gasteiger partial charge >= 0.3 is 5.97 Å². The standard InChI is InChI=1S/C20H19NO4/c1-14(20(23)24-2)21-17(16-11-7-4-8-12-16)18(19(21)22)25-13-15-9-5-3-6-10-15/h3-12,17-18H,1,13H2,2H3/t17-,18+/m0/s1. The Morgan fingerprint density at radius 3 is 2.28 bits per heavy atom. The van der Waals surface area contributed by atoms with Gasteiger partial charge in [0.2, 0.25) is 0 Å². The van der Waals surface area contributed by atoms with Crippen molar-refractivity contribution in [2.24, 2.45) is 0 Å². The molecule has 0 N–H and O–H groups in total. The molecule has 0 saturated carbocycles. The molecule has 0 aliphatic carbocycles. The summed E-state index contributed by atoms with van der Waals surface area (Å²) in [4.78, 5) is 25.7. The van der Waals surface area contributed by atoms with Crippen molar-refractivity contribution < 1.29 is 19.1 Å². The van der Waals surface area contributed by atoms with E-state index < -0.39 is 18.1 Å². The minimum atomic E-state index is -0.663. The molecule has 2 atom stereocenters. The number of methoxy groups -OCH3 is 1. The molecule has 1 aliphatic rings. The number of rotatable bonds is 6. The molecule has 0 unspecified atom stereocenters. The van der Waals surface area contributed by atoms with Crippen molar-refractivity contribution in [2.75, 3.05) is 7.11 Å². The third-order valence-electron chi connectivity index (χ3n) is 4.17. The second-order valence-corrected chi connectivity index (χ2v) is 5.72. The number of nitrogens with zero attached hydrogens (tertiary/aromatic N) is 1. The van der Waals surface area contributed by atoms with E-state index in [1.807, 2.05) is 60.7 Å². The molecular weight excluding hydrogens is 318 g/mol. The van der Waals surface area contributed by atoms with E-state index in [0.717, 1.165) is 11.1 Å². The zero-order valence-electron chi connectivity index (χ0n) is 13.9. The number of hydrogen-bond acceptors (Lipinski definition) is 4. The van der Waals surface area contributed by atoms with Gasteiger partial charge in [-0.2, -0.15) is 0 Å². The smallest absolute Gasteiger partial charge is 0.354 e. The highest BCUT2D eigenvalue weighted by atomic mass is 16.5. The monoisotopic (exact) mass is 337 g/mol. The molecule has 2 aromatic rings. The molecule has 25 heavy (non-hydrogen) atoms. The molecule has 5 nitrogen and oxygen atoms in total. The molecule has 0 radical (unpaired) electrons. The minimum absolute atomic E-state index is 0.0147. The lowest BCUT2D eigenvalue weighted by molar-refractivity contribution is -0.175. The minimum Gasteiger partial charge on any atom is -0.464 e. The van der Waals surface area contributed by atoms with Gasteiger partial charge in [0, 0.05) is 0 Å². The maximum Gasteiger partial charge on any atom is 0.354 e. The van der Waals surface area contributed by atoms with Crippen LogP contribution in [0.3, 0.4) is 0 Å². The summed E-state index contributed by atoms with van der Waals surface area (Å²) in [7, 11) is 1.26. The summed E-state index contributed by atoms with van der Waals surface area (Å²) in [5.41, 5.74) is 1.87. The number of ether oxygens (including phenoxy) is 2. The Labute approximate surface area is 146 Å². The van der Waals surface area contributed by atoms with Crippen molar-refractivity contribution in [2.45, 2.75) is 18.8 Å². The molecule has 1 fully saturated rings. The Hall–Kier alpha value is -2.92. The zero-order chi connectivity index (χ0) is 17.8. The van der Waals surface area contributed by atoms with Crippen LogP contribution in [0.15, 0.2) is 72.9 Å². The van der Waals surface area contributed by atoms with Crippen LogP contribution in [0, 0.1) is 0 Å². The quantitative estimate of drug-likeness (QED) is 0.462. The Kier molecular flexibility index (Phi) is 4.95. The van der Waals surface area contributed by atoms with E-state index in [1.165, 1.54) is 12.0 Å². The van der Waals surface area contributed by atoms with Crippen LogP contribution in [0.1, 0.15) is 17.2 Å². The van der Waals surface area contributed by atoms with Gasteiger partial charge in [0.25, 0.3) is 5.91 Å². The number of likely N-dealkylation sites (tertiary alicyclic amines) is 1. The number of carbonyl (C=O) groups is 2. The van der Waals surface area contributed by atoms with Gasteiger partial charge in [-0.05, 0) is 11.1 Å². The maximum absolute atomic E-state index is 12.6. The topological polar surface area (TPSA) is 55.8 Å². The van der Waals surface area contributed by atoms with Crippen LogP contribution < -0.4 is 0 Å². The van der Waals surface area contributed by atoms with Gasteiger partial charge < -0.3 is 9.47 Å². The number of amides is 1. The molecule has 1 aliphatic heterocycles. The summed E-state index contributed by atoms with van der Waals surface area (Å²) in [6, 6.07) is 18.7. The van der Waals surface area contributed by atoms with E-state index >= 15 is 0 Å². The molecule has 2 aromatic carbocycles. The van der Waals surface area contributed by atoms with Crippen LogP contribution in [0.5, 0.6) is 0 Å². The van der Waals surface area contributed by atoms with Gasteiger partial charge in [0.05, 0.1) is 19.8 Å². The number of esters is 1. The molecular formula is C20H19NO4. The van der Waals surface area contributed by atoms with Crippen LogP contribution in [-0.2, 0) is 25.7 Å². The first kappa shape index (κ1) is 16.9. The van der Waals surface area contributed by atoms with Crippen LogP contribution >= 0.6 is 0 Å². The average molecular weight is 337 g/mol. The lowest BCUT2D eigenvalue weighted by Crippen LogP contribution is -2.59. The Balaban J connectivity index is 1.81. The van der Waals surface area contributed by atoms with Crippen LogP contribution in [0.25, 0.3) is 0 Å². The lowest BCUT2D eigenvalue weighted by atomic mass is 9.90. The fraction of sp³-hybridized carbons (Fsp3) is 0.200. The molecule has 5 heteroatoms. The molecule has 128 valence electrons. The van der Waals surface area contributed by atoms with Crippen LogP contribution in [0.2, 0.25) is 0 Å². The highest BCUT2D eigenvalue weighted by Crippen LogP contribution is 2.40. The highest BCUT2D eigenvalue weighted by Gasteiger charge is 2.51. The van der Waals surface area contributed by atoms with Crippen molar-refractivity contribution in [3.05, 3.63) is 84.1 Å². The Bertz CT molecular complexity index is 773. The van der Waals surface area contributed by atoms with Crippen molar-refractivity contribution in [3.8, 4) is 0 Å². The summed E-state index contributed by atoms with van der Waals surface area (Å²) >= 11 is 0. The van der Waals surface area contributed by atoms with E-state index in [4.69, 9.17) is 9.47 Å². The fourth-order valence-corrected chi connectivity index (χ4v) is 2.88. The SMILES string of the molecule is C=C(C(=O)OC)N1C(=O)[C@H](OCc2ccccc2)[C@@H]1c1ccccc1. The first-order valence-corrected chi connectivity index (χ1v) is 7.94. The van der Waals surface area contributed by atoms with Gasteiger partial charge in [0.1, 0.15) is 5.70 Å². The third-order valence-corrected chi connectivity index (χ3v) is 4.17. The second kappa shape index (κ2) is 7.32. The van der Waals surface area contributed by atoms with Crippen LogP contribution in [-0.4, -0.2) is 30.0 Å². The Morgan fingerprint density at radius 1 is 1.08 bits per heavy atom. The summed E-state index contributed by atoms with van der Waals surface area (Å²) < 4.78 is 10.5. The Morgan fingerprint density at radius 2 is 1.68 bits per heavy atom. The van der Waals surface area contributed by atoms with Gasteiger partial charge in [-0.3, -0.25) is 9.69 Å². The first-order chi connectivity index (χ1) is 12.1. The number of β-lactam (4-membered cyclic amide) rings is 1. The van der Waals surface area contributed by atoms with Gasteiger partial charge in [-0.15, -0.1) is 0 Å². The largest absolute Gasteiger partial charge is 0.464 e. The molecule has 1 amide bonds.